The highest BCUT2D eigenvalue weighted by atomic mass is 16.8. The summed E-state index contributed by atoms with van der Waals surface area (Å²) in [6, 6.07) is 0. The fourth-order valence-electron chi connectivity index (χ4n) is 1.92. The number of aliphatic hydroxyl groups excluding tert-OH is 2. The maximum atomic E-state index is 9.78. The van der Waals surface area contributed by atoms with Crippen LogP contribution in [0.3, 0.4) is 0 Å². The molecule has 2 aliphatic heterocycles. The largest absolute Gasteiger partial charge is 0.396 e. The molecule has 5 nitrogen and oxygen atoms in total. The summed E-state index contributed by atoms with van der Waals surface area (Å²) in [6.45, 7) is 3.55. The van der Waals surface area contributed by atoms with Crippen LogP contribution in [0.2, 0.25) is 0 Å². The Kier molecular flexibility index (Phi) is 2.53. The van der Waals surface area contributed by atoms with Gasteiger partial charge in [-0.05, 0) is 20.3 Å². The molecular weight excluding hydrogens is 188 g/mol. The highest BCUT2D eigenvalue weighted by Gasteiger charge is 2.53. The number of hydrogen-bond acceptors (Lipinski definition) is 5. The van der Waals surface area contributed by atoms with Crippen molar-refractivity contribution in [2.24, 2.45) is 0 Å². The molecule has 0 aromatic heterocycles. The zero-order valence-corrected chi connectivity index (χ0v) is 8.34. The van der Waals surface area contributed by atoms with Crippen LogP contribution in [0, 0.1) is 0 Å². The van der Waals surface area contributed by atoms with Crippen LogP contribution in [-0.2, 0) is 14.2 Å². The topological polar surface area (TPSA) is 68.2 Å². The van der Waals surface area contributed by atoms with Crippen molar-refractivity contribution in [3.63, 3.8) is 0 Å². The van der Waals surface area contributed by atoms with E-state index in [1.54, 1.807) is 13.8 Å². The van der Waals surface area contributed by atoms with E-state index < -0.39 is 24.3 Å². The van der Waals surface area contributed by atoms with Crippen molar-refractivity contribution in [1.29, 1.82) is 0 Å². The van der Waals surface area contributed by atoms with Crippen LogP contribution in [0.1, 0.15) is 20.3 Å². The van der Waals surface area contributed by atoms with Crippen LogP contribution in [0.25, 0.3) is 0 Å². The van der Waals surface area contributed by atoms with E-state index in [2.05, 4.69) is 0 Å². The van der Waals surface area contributed by atoms with E-state index in [9.17, 15) is 5.11 Å². The van der Waals surface area contributed by atoms with Gasteiger partial charge in [0.2, 0.25) is 0 Å². The number of aliphatic hydroxyl groups is 2. The van der Waals surface area contributed by atoms with Gasteiger partial charge in [-0.2, -0.15) is 0 Å². The predicted molar refractivity (Wildman–Crippen MR) is 46.4 cm³/mol. The molecule has 4 atom stereocenters. The molecule has 2 aliphatic rings. The predicted octanol–water partition coefficient (Wildman–Crippen LogP) is -0.394. The number of fused-ring (bicyclic) bond motifs is 1. The summed E-state index contributed by atoms with van der Waals surface area (Å²) in [5.74, 6) is -0.694. The van der Waals surface area contributed by atoms with Crippen molar-refractivity contribution in [1.82, 2.24) is 0 Å². The third-order valence-electron chi connectivity index (χ3n) is 2.53. The van der Waals surface area contributed by atoms with E-state index in [1.807, 2.05) is 0 Å². The highest BCUT2D eigenvalue weighted by Crippen LogP contribution is 2.37. The average molecular weight is 204 g/mol. The first-order valence-corrected chi connectivity index (χ1v) is 4.83. The summed E-state index contributed by atoms with van der Waals surface area (Å²) in [6.07, 6.45) is -1.63. The normalized spacial score (nSPS) is 45.4. The monoisotopic (exact) mass is 204 g/mol. The molecule has 82 valence electrons. The van der Waals surface area contributed by atoms with Gasteiger partial charge in [-0.3, -0.25) is 0 Å². The Morgan fingerprint density at radius 1 is 1.29 bits per heavy atom. The van der Waals surface area contributed by atoms with Crippen molar-refractivity contribution < 1.29 is 24.4 Å². The molecule has 0 aromatic carbocycles. The standard InChI is InChI=1S/C9H16O5/c1-9(2)13-7-6(11)5(3-4-10)12-8(7)14-9/h5-8,10-11H,3-4H2,1-2H3. The summed E-state index contributed by atoms with van der Waals surface area (Å²) in [7, 11) is 0. The van der Waals surface area contributed by atoms with E-state index in [1.165, 1.54) is 0 Å². The van der Waals surface area contributed by atoms with E-state index in [0.717, 1.165) is 0 Å². The van der Waals surface area contributed by atoms with Gasteiger partial charge in [0.05, 0.1) is 6.10 Å². The van der Waals surface area contributed by atoms with Crippen LogP contribution >= 0.6 is 0 Å². The fourth-order valence-corrected chi connectivity index (χ4v) is 1.92. The quantitative estimate of drug-likeness (QED) is 0.641. The third kappa shape index (κ3) is 1.66. The van der Waals surface area contributed by atoms with E-state index >= 15 is 0 Å². The second-order valence-corrected chi connectivity index (χ2v) is 4.15. The molecule has 2 rings (SSSR count). The van der Waals surface area contributed by atoms with Gasteiger partial charge in [-0.15, -0.1) is 0 Å². The molecule has 4 unspecified atom stereocenters. The molecule has 2 fully saturated rings. The van der Waals surface area contributed by atoms with Crippen molar-refractivity contribution in [2.75, 3.05) is 6.61 Å². The molecule has 0 spiro atoms. The molecule has 0 saturated carbocycles. The fraction of sp³-hybridized carbons (Fsp3) is 1.00. The molecule has 2 saturated heterocycles. The smallest absolute Gasteiger partial charge is 0.190 e. The number of rotatable bonds is 2. The van der Waals surface area contributed by atoms with Gasteiger partial charge in [0, 0.05) is 6.61 Å². The van der Waals surface area contributed by atoms with Crippen LogP contribution in [0.5, 0.6) is 0 Å². The second kappa shape index (κ2) is 3.43. The Bertz CT molecular complexity index is 217. The Balaban J connectivity index is 2.00. The lowest BCUT2D eigenvalue weighted by molar-refractivity contribution is -0.216. The molecule has 0 aromatic rings. The van der Waals surface area contributed by atoms with Crippen molar-refractivity contribution in [3.8, 4) is 0 Å². The lowest BCUT2D eigenvalue weighted by Crippen LogP contribution is -2.34. The molecule has 0 bridgehead atoms. The minimum atomic E-state index is -0.714. The third-order valence-corrected chi connectivity index (χ3v) is 2.53. The minimum Gasteiger partial charge on any atom is -0.396 e. The van der Waals surface area contributed by atoms with Crippen molar-refractivity contribution in [2.45, 2.75) is 50.7 Å². The maximum absolute atomic E-state index is 9.78. The Hall–Kier alpha value is -0.200. The minimum absolute atomic E-state index is 0.00937. The Labute approximate surface area is 82.6 Å². The van der Waals surface area contributed by atoms with Crippen LogP contribution in [-0.4, -0.2) is 47.2 Å². The van der Waals surface area contributed by atoms with Gasteiger partial charge in [0.25, 0.3) is 0 Å². The molecular formula is C9H16O5. The first kappa shape index (κ1) is 10.3. The van der Waals surface area contributed by atoms with Crippen molar-refractivity contribution >= 4 is 0 Å². The summed E-state index contributed by atoms with van der Waals surface area (Å²) >= 11 is 0. The van der Waals surface area contributed by atoms with E-state index in [0.29, 0.717) is 6.42 Å². The molecule has 2 N–H and O–H groups in total. The maximum Gasteiger partial charge on any atom is 0.190 e. The van der Waals surface area contributed by atoms with Gasteiger partial charge >= 0.3 is 0 Å². The molecule has 14 heavy (non-hydrogen) atoms. The lowest BCUT2D eigenvalue weighted by Gasteiger charge is -2.22. The van der Waals surface area contributed by atoms with E-state index in [-0.39, 0.29) is 12.7 Å². The average Bonchev–Trinajstić information content (AvgIpc) is 2.50. The molecule has 0 amide bonds. The second-order valence-electron chi connectivity index (χ2n) is 4.15. The molecule has 2 heterocycles. The van der Waals surface area contributed by atoms with Gasteiger partial charge in [0.15, 0.2) is 12.1 Å². The molecule has 5 heteroatoms. The van der Waals surface area contributed by atoms with Crippen molar-refractivity contribution in [3.05, 3.63) is 0 Å². The Morgan fingerprint density at radius 2 is 2.00 bits per heavy atom. The van der Waals surface area contributed by atoms with Gasteiger partial charge in [-0.25, -0.2) is 0 Å². The summed E-state index contributed by atoms with van der Waals surface area (Å²) < 4.78 is 16.3. The van der Waals surface area contributed by atoms with E-state index in [4.69, 9.17) is 19.3 Å². The van der Waals surface area contributed by atoms with Crippen LogP contribution < -0.4 is 0 Å². The first-order chi connectivity index (χ1) is 6.53. The Morgan fingerprint density at radius 3 is 2.57 bits per heavy atom. The lowest BCUT2D eigenvalue weighted by atomic mass is 10.1. The van der Waals surface area contributed by atoms with Gasteiger partial charge in [-0.1, -0.05) is 0 Å². The van der Waals surface area contributed by atoms with Crippen LogP contribution in [0.4, 0.5) is 0 Å². The van der Waals surface area contributed by atoms with Gasteiger partial charge in [0.1, 0.15) is 12.2 Å². The molecule has 0 aliphatic carbocycles. The zero-order chi connectivity index (χ0) is 10.3. The number of ether oxygens (including phenoxy) is 3. The zero-order valence-electron chi connectivity index (χ0n) is 8.34. The number of hydrogen-bond donors (Lipinski definition) is 2. The SMILES string of the molecule is CC1(C)OC2OC(CCO)C(O)C2O1. The highest BCUT2D eigenvalue weighted by molar-refractivity contribution is 4.92. The first-order valence-electron chi connectivity index (χ1n) is 4.83. The summed E-state index contributed by atoms with van der Waals surface area (Å²) in [4.78, 5) is 0. The molecule has 0 radical (unpaired) electrons. The van der Waals surface area contributed by atoms with Crippen LogP contribution in [0.15, 0.2) is 0 Å². The summed E-state index contributed by atoms with van der Waals surface area (Å²) in [5.41, 5.74) is 0. The summed E-state index contributed by atoms with van der Waals surface area (Å²) in [5, 5.41) is 18.5. The van der Waals surface area contributed by atoms with Gasteiger partial charge < -0.3 is 24.4 Å².